The van der Waals surface area contributed by atoms with E-state index >= 15 is 0 Å². The number of carboxylic acids is 1. The van der Waals surface area contributed by atoms with Gasteiger partial charge < -0.3 is 10.4 Å². The summed E-state index contributed by atoms with van der Waals surface area (Å²) >= 11 is 0. The lowest BCUT2D eigenvalue weighted by Gasteiger charge is -2.30. The predicted molar refractivity (Wildman–Crippen MR) is 90.0 cm³/mol. The number of fused-ring (bicyclic) bond motifs is 1. The number of imide groups is 1. The van der Waals surface area contributed by atoms with Crippen LogP contribution in [0.25, 0.3) is 0 Å². The van der Waals surface area contributed by atoms with Crippen molar-refractivity contribution in [1.82, 2.24) is 10.2 Å². The summed E-state index contributed by atoms with van der Waals surface area (Å²) in [6.45, 7) is 6.76. The van der Waals surface area contributed by atoms with E-state index in [1.807, 2.05) is 0 Å². The zero-order valence-corrected chi connectivity index (χ0v) is 14.6. The van der Waals surface area contributed by atoms with Gasteiger partial charge in [-0.3, -0.25) is 19.3 Å². The molecule has 7 heteroatoms. The van der Waals surface area contributed by atoms with Crippen LogP contribution in [-0.4, -0.2) is 45.8 Å². The molecule has 2 atom stereocenters. The largest absolute Gasteiger partial charge is 0.480 e. The maximum atomic E-state index is 12.7. The van der Waals surface area contributed by atoms with Gasteiger partial charge in [0.15, 0.2) is 0 Å². The lowest BCUT2D eigenvalue weighted by atomic mass is 9.99. The van der Waals surface area contributed by atoms with E-state index in [9.17, 15) is 24.3 Å². The first-order chi connectivity index (χ1) is 11.7. The van der Waals surface area contributed by atoms with Gasteiger partial charge in [-0.2, -0.15) is 0 Å². The molecule has 1 aromatic carbocycles. The fraction of sp³-hybridized carbons (Fsp3) is 0.444. The third-order valence-corrected chi connectivity index (χ3v) is 4.23. The Balaban J connectivity index is 2.33. The zero-order chi connectivity index (χ0) is 18.9. The van der Waals surface area contributed by atoms with Crippen molar-refractivity contribution in [3.8, 4) is 0 Å². The number of amides is 3. The second-order valence-electron chi connectivity index (χ2n) is 6.78. The highest BCUT2D eigenvalue weighted by Gasteiger charge is 2.44. The molecule has 2 N–H and O–H groups in total. The van der Waals surface area contributed by atoms with Gasteiger partial charge in [-0.05, 0) is 24.0 Å². The third-order valence-electron chi connectivity index (χ3n) is 4.23. The molecule has 3 amide bonds. The van der Waals surface area contributed by atoms with Gasteiger partial charge in [0.1, 0.15) is 12.1 Å². The van der Waals surface area contributed by atoms with E-state index in [0.717, 1.165) is 4.90 Å². The highest BCUT2D eigenvalue weighted by atomic mass is 16.4. The molecule has 134 valence electrons. The molecule has 0 radical (unpaired) electrons. The summed E-state index contributed by atoms with van der Waals surface area (Å²) in [7, 11) is 0. The van der Waals surface area contributed by atoms with Crippen LogP contribution in [0.2, 0.25) is 0 Å². The van der Waals surface area contributed by atoms with Gasteiger partial charge in [0.05, 0.1) is 11.1 Å². The molecule has 25 heavy (non-hydrogen) atoms. The second-order valence-corrected chi connectivity index (χ2v) is 6.78. The van der Waals surface area contributed by atoms with Crippen LogP contribution in [0.1, 0.15) is 48.4 Å². The van der Waals surface area contributed by atoms with Gasteiger partial charge >= 0.3 is 5.97 Å². The Morgan fingerprint density at radius 3 is 1.80 bits per heavy atom. The number of carbonyl (C=O) groups is 4. The fourth-order valence-electron chi connectivity index (χ4n) is 2.93. The lowest BCUT2D eigenvalue weighted by molar-refractivity contribution is -0.144. The summed E-state index contributed by atoms with van der Waals surface area (Å²) in [5.41, 5.74) is 0.509. The maximum absolute atomic E-state index is 12.7. The molecule has 0 saturated heterocycles. The summed E-state index contributed by atoms with van der Waals surface area (Å²) in [6, 6.07) is 4.21. The molecule has 2 rings (SSSR count). The van der Waals surface area contributed by atoms with Crippen LogP contribution in [0.5, 0.6) is 0 Å². The number of benzene rings is 1. The molecule has 7 nitrogen and oxygen atoms in total. The van der Waals surface area contributed by atoms with Crippen LogP contribution >= 0.6 is 0 Å². The van der Waals surface area contributed by atoms with Gasteiger partial charge in [-0.15, -0.1) is 0 Å². The molecule has 0 unspecified atom stereocenters. The van der Waals surface area contributed by atoms with Crippen molar-refractivity contribution in [2.45, 2.75) is 39.8 Å². The van der Waals surface area contributed by atoms with E-state index in [0.29, 0.717) is 0 Å². The van der Waals surface area contributed by atoms with Crippen molar-refractivity contribution in [3.63, 3.8) is 0 Å². The van der Waals surface area contributed by atoms with Crippen molar-refractivity contribution in [3.05, 3.63) is 35.4 Å². The standard InChI is InChI=1S/C18H22N2O5/c1-9(2)13(18(24)25)19-15(21)14(10(3)4)20-16(22)11-7-5-6-8-12(11)17(20)23/h5-10,13-14H,1-4H3,(H,19,21)(H,24,25)/t13-,14-/m1/s1. The SMILES string of the molecule is CC(C)[C@@H](NC(=O)[C@@H](C(C)C)N1C(=O)c2ccccc2C1=O)C(=O)O. The first-order valence-electron chi connectivity index (χ1n) is 8.16. The van der Waals surface area contributed by atoms with Crippen LogP contribution in [0, 0.1) is 11.8 Å². The molecule has 0 aromatic heterocycles. The summed E-state index contributed by atoms with van der Waals surface area (Å²) in [5, 5.41) is 11.7. The Morgan fingerprint density at radius 2 is 1.44 bits per heavy atom. The van der Waals surface area contributed by atoms with Crippen molar-refractivity contribution in [2.75, 3.05) is 0 Å². The van der Waals surface area contributed by atoms with Crippen molar-refractivity contribution in [1.29, 1.82) is 0 Å². The Hall–Kier alpha value is -2.70. The minimum absolute atomic E-state index is 0.254. The molecule has 1 aliphatic rings. The number of nitrogens with one attached hydrogen (secondary N) is 1. The number of carbonyl (C=O) groups excluding carboxylic acids is 3. The Morgan fingerprint density at radius 1 is 0.960 bits per heavy atom. The van der Waals surface area contributed by atoms with Crippen molar-refractivity contribution < 1.29 is 24.3 Å². The van der Waals surface area contributed by atoms with E-state index in [4.69, 9.17) is 0 Å². The second kappa shape index (κ2) is 7.04. The topological polar surface area (TPSA) is 104 Å². The quantitative estimate of drug-likeness (QED) is 0.760. The van der Waals surface area contributed by atoms with Gasteiger partial charge in [0, 0.05) is 0 Å². The van der Waals surface area contributed by atoms with Crippen LogP contribution in [-0.2, 0) is 9.59 Å². The lowest BCUT2D eigenvalue weighted by Crippen LogP contribution is -2.56. The molecular weight excluding hydrogens is 324 g/mol. The molecule has 0 saturated carbocycles. The van der Waals surface area contributed by atoms with Crippen LogP contribution < -0.4 is 5.32 Å². The molecule has 1 heterocycles. The number of nitrogens with zero attached hydrogens (tertiary/aromatic N) is 1. The van der Waals surface area contributed by atoms with Crippen LogP contribution in [0.15, 0.2) is 24.3 Å². The monoisotopic (exact) mass is 346 g/mol. The molecule has 0 aliphatic carbocycles. The highest BCUT2D eigenvalue weighted by Crippen LogP contribution is 2.27. The minimum Gasteiger partial charge on any atom is -0.480 e. The maximum Gasteiger partial charge on any atom is 0.326 e. The van der Waals surface area contributed by atoms with Gasteiger partial charge in [0.2, 0.25) is 5.91 Å². The number of aliphatic carboxylic acids is 1. The van der Waals surface area contributed by atoms with Gasteiger partial charge in [0.25, 0.3) is 11.8 Å². The fourth-order valence-corrected chi connectivity index (χ4v) is 2.93. The smallest absolute Gasteiger partial charge is 0.326 e. The number of hydrogen-bond acceptors (Lipinski definition) is 4. The summed E-state index contributed by atoms with van der Waals surface area (Å²) in [6.07, 6.45) is 0. The van der Waals surface area contributed by atoms with E-state index in [1.54, 1.807) is 52.0 Å². The number of hydrogen-bond donors (Lipinski definition) is 2. The number of carboxylic acid groups (broad SMARTS) is 1. The zero-order valence-electron chi connectivity index (χ0n) is 14.6. The average Bonchev–Trinajstić information content (AvgIpc) is 2.77. The van der Waals surface area contributed by atoms with E-state index in [-0.39, 0.29) is 23.0 Å². The van der Waals surface area contributed by atoms with Crippen LogP contribution in [0.3, 0.4) is 0 Å². The average molecular weight is 346 g/mol. The first-order valence-corrected chi connectivity index (χ1v) is 8.16. The van der Waals surface area contributed by atoms with Crippen LogP contribution in [0.4, 0.5) is 0 Å². The van der Waals surface area contributed by atoms with E-state index in [1.165, 1.54) is 0 Å². The molecular formula is C18H22N2O5. The summed E-state index contributed by atoms with van der Waals surface area (Å²) in [5.74, 6) is -3.59. The molecule has 0 bridgehead atoms. The normalized spacial score (nSPS) is 16.2. The molecule has 0 spiro atoms. The minimum atomic E-state index is -1.16. The van der Waals surface area contributed by atoms with Gasteiger partial charge in [-0.1, -0.05) is 39.8 Å². The van der Waals surface area contributed by atoms with Crippen molar-refractivity contribution >= 4 is 23.7 Å². The highest BCUT2D eigenvalue weighted by molar-refractivity contribution is 6.22. The molecule has 0 fully saturated rings. The number of rotatable bonds is 6. The first kappa shape index (κ1) is 18.6. The molecule has 1 aromatic rings. The summed E-state index contributed by atoms with van der Waals surface area (Å²) < 4.78 is 0. The molecule has 1 aliphatic heterocycles. The summed E-state index contributed by atoms with van der Waals surface area (Å²) in [4.78, 5) is 50.2. The third kappa shape index (κ3) is 3.40. The van der Waals surface area contributed by atoms with E-state index < -0.39 is 35.8 Å². The Kier molecular flexibility index (Phi) is 5.25. The Bertz CT molecular complexity index is 691. The van der Waals surface area contributed by atoms with E-state index in [2.05, 4.69) is 5.32 Å². The predicted octanol–water partition coefficient (Wildman–Crippen LogP) is 1.53. The van der Waals surface area contributed by atoms with Gasteiger partial charge in [-0.25, -0.2) is 4.79 Å². The Labute approximate surface area is 146 Å². The van der Waals surface area contributed by atoms with Crippen molar-refractivity contribution in [2.24, 2.45) is 11.8 Å².